The van der Waals surface area contributed by atoms with E-state index in [1.54, 1.807) is 24.3 Å². The molecule has 9 nitrogen and oxygen atoms in total. The number of urea groups is 1. The first-order chi connectivity index (χ1) is 19.2. The van der Waals surface area contributed by atoms with Crippen LogP contribution in [0.1, 0.15) is 12.5 Å². The predicted octanol–water partition coefficient (Wildman–Crippen LogP) is 6.06. The van der Waals surface area contributed by atoms with Gasteiger partial charge in [-0.2, -0.15) is 4.99 Å². The van der Waals surface area contributed by atoms with E-state index in [1.807, 2.05) is 31.2 Å². The molecule has 0 aliphatic carbocycles. The molecule has 0 unspecified atom stereocenters. The molecule has 1 aromatic heterocycles. The van der Waals surface area contributed by atoms with Gasteiger partial charge in [-0.3, -0.25) is 9.69 Å². The third-order valence-electron chi connectivity index (χ3n) is 5.80. The second kappa shape index (κ2) is 11.2. The molecule has 1 fully saturated rings. The number of nitrogens with one attached hydrogen (secondary N) is 1. The Labute approximate surface area is 230 Å². The van der Waals surface area contributed by atoms with E-state index in [9.17, 15) is 22.8 Å². The van der Waals surface area contributed by atoms with Crippen molar-refractivity contribution in [3.63, 3.8) is 0 Å². The summed E-state index contributed by atoms with van der Waals surface area (Å²) in [7, 11) is 0. The molecule has 2 heterocycles. The van der Waals surface area contributed by atoms with E-state index in [0.717, 1.165) is 12.0 Å². The van der Waals surface area contributed by atoms with E-state index < -0.39 is 12.4 Å². The molecule has 4 aromatic rings. The fourth-order valence-corrected chi connectivity index (χ4v) is 4.83. The average molecular weight is 567 g/mol. The summed E-state index contributed by atoms with van der Waals surface area (Å²) in [5, 5.41) is 7.38. The lowest BCUT2D eigenvalue weighted by Gasteiger charge is -2.19. The van der Waals surface area contributed by atoms with Gasteiger partial charge >= 0.3 is 12.4 Å². The molecule has 3 aromatic carbocycles. The van der Waals surface area contributed by atoms with Crippen molar-refractivity contribution in [3.05, 3.63) is 84.7 Å². The number of nitrogens with zero attached hydrogens (tertiary/aromatic N) is 5. The van der Waals surface area contributed by atoms with E-state index in [1.165, 1.54) is 51.9 Å². The quantitative estimate of drug-likeness (QED) is 0.304. The number of thioether (sulfide) groups is 1. The number of aromatic nitrogens is 3. The maximum Gasteiger partial charge on any atom is 0.573 e. The van der Waals surface area contributed by atoms with Gasteiger partial charge in [-0.25, -0.2) is 14.5 Å². The molecule has 1 N–H and O–H groups in total. The lowest BCUT2D eigenvalue weighted by atomic mass is 10.1. The third kappa shape index (κ3) is 6.15. The van der Waals surface area contributed by atoms with E-state index in [0.29, 0.717) is 33.6 Å². The fraction of sp³-hybridized carbons (Fsp3) is 0.148. The van der Waals surface area contributed by atoms with Crippen molar-refractivity contribution in [2.75, 3.05) is 16.0 Å². The summed E-state index contributed by atoms with van der Waals surface area (Å²) in [6.07, 6.45) is -2.60. The smallest absolute Gasteiger partial charge is 0.406 e. The zero-order valence-corrected chi connectivity index (χ0v) is 21.7. The summed E-state index contributed by atoms with van der Waals surface area (Å²) in [6, 6.07) is 18.9. The summed E-state index contributed by atoms with van der Waals surface area (Å²) < 4.78 is 42.4. The first kappa shape index (κ1) is 26.9. The minimum absolute atomic E-state index is 0.140. The van der Waals surface area contributed by atoms with Gasteiger partial charge in [0.1, 0.15) is 12.1 Å². The van der Waals surface area contributed by atoms with Gasteiger partial charge < -0.3 is 10.1 Å². The summed E-state index contributed by atoms with van der Waals surface area (Å²) in [5.41, 5.74) is 3.32. The number of hydrogen-bond donors (Lipinski definition) is 1. The molecule has 0 atom stereocenters. The van der Waals surface area contributed by atoms with Gasteiger partial charge in [-0.15, -0.1) is 18.3 Å². The van der Waals surface area contributed by atoms with Gasteiger partial charge in [0.2, 0.25) is 5.91 Å². The van der Waals surface area contributed by atoms with Crippen LogP contribution in [-0.2, 0) is 11.2 Å². The summed E-state index contributed by atoms with van der Waals surface area (Å²) >= 11 is 1.20. The second-order valence-electron chi connectivity index (χ2n) is 8.46. The monoisotopic (exact) mass is 566 g/mol. The number of amides is 3. The van der Waals surface area contributed by atoms with Gasteiger partial charge in [0.15, 0.2) is 11.0 Å². The highest BCUT2D eigenvalue weighted by Gasteiger charge is 2.32. The summed E-state index contributed by atoms with van der Waals surface area (Å²) in [4.78, 5) is 35.1. The number of anilines is 2. The molecular formula is C27H21F3N6O3S. The Bertz CT molecular complexity index is 1570. The van der Waals surface area contributed by atoms with Crippen LogP contribution >= 0.6 is 11.8 Å². The highest BCUT2D eigenvalue weighted by atomic mass is 32.2. The highest BCUT2D eigenvalue weighted by molar-refractivity contribution is 8.15. The summed E-state index contributed by atoms with van der Waals surface area (Å²) in [5.74, 6) is 0.0967. The first-order valence-electron chi connectivity index (χ1n) is 12.0. The van der Waals surface area contributed by atoms with Crippen LogP contribution < -0.4 is 15.0 Å². The van der Waals surface area contributed by atoms with E-state index in [2.05, 4.69) is 25.1 Å². The number of ether oxygens (including phenoxy) is 1. The van der Waals surface area contributed by atoms with Gasteiger partial charge in [0.25, 0.3) is 0 Å². The van der Waals surface area contributed by atoms with Crippen LogP contribution in [0.4, 0.5) is 29.3 Å². The van der Waals surface area contributed by atoms with Gasteiger partial charge in [0, 0.05) is 11.3 Å². The molecule has 0 saturated carbocycles. The first-order valence-corrected chi connectivity index (χ1v) is 13.0. The van der Waals surface area contributed by atoms with Crippen molar-refractivity contribution >= 4 is 40.2 Å². The lowest BCUT2D eigenvalue weighted by Crippen LogP contribution is -2.31. The Morgan fingerprint density at radius 3 is 2.50 bits per heavy atom. The molecule has 0 bridgehead atoms. The van der Waals surface area contributed by atoms with Crippen LogP contribution in [-0.4, -0.2) is 44.0 Å². The van der Waals surface area contributed by atoms with Gasteiger partial charge in [-0.1, -0.05) is 36.9 Å². The Kier molecular flexibility index (Phi) is 7.56. The predicted molar refractivity (Wildman–Crippen MR) is 146 cm³/mol. The molecule has 204 valence electrons. The topological polar surface area (TPSA) is 102 Å². The van der Waals surface area contributed by atoms with Crippen LogP contribution in [0.2, 0.25) is 0 Å². The van der Waals surface area contributed by atoms with Gasteiger partial charge in [0.05, 0.1) is 17.1 Å². The van der Waals surface area contributed by atoms with E-state index >= 15 is 0 Å². The van der Waals surface area contributed by atoms with Crippen molar-refractivity contribution in [2.24, 2.45) is 4.99 Å². The molecular weight excluding hydrogens is 545 g/mol. The standard InChI is InChI=1S/C27H21F3N6O3S/c1-2-17-5-3-4-6-22(17)36-23(37)15-40-26(36)33-25(38)32-19-9-7-18(8-10-19)24-31-16-35(34-24)20-11-13-21(14-12-20)39-27(28,29)30/h3-14,16H,2,15H2,1H3,(H,32,38)/b33-26-. The SMILES string of the molecule is CCc1ccccc1N1C(=O)CS/C1=N\C(=O)Nc1ccc(-c2ncn(-c3ccc(OC(F)(F)F)cc3)n2)cc1. The number of aryl methyl sites for hydroxylation is 1. The third-order valence-corrected chi connectivity index (χ3v) is 6.72. The average Bonchev–Trinajstić information content (AvgIpc) is 3.56. The molecule has 1 aliphatic heterocycles. The molecule has 1 saturated heterocycles. The van der Waals surface area contributed by atoms with Crippen molar-refractivity contribution < 1.29 is 27.5 Å². The Morgan fingerprint density at radius 1 is 1.07 bits per heavy atom. The second-order valence-corrected chi connectivity index (χ2v) is 9.40. The molecule has 3 amide bonds. The van der Waals surface area contributed by atoms with Crippen LogP contribution in [0.25, 0.3) is 17.1 Å². The highest BCUT2D eigenvalue weighted by Crippen LogP contribution is 2.30. The largest absolute Gasteiger partial charge is 0.573 e. The zero-order valence-electron chi connectivity index (χ0n) is 20.9. The van der Waals surface area contributed by atoms with Crippen LogP contribution in [0, 0.1) is 0 Å². The van der Waals surface area contributed by atoms with Crippen LogP contribution in [0.3, 0.4) is 0 Å². The molecule has 1 aliphatic rings. The number of benzene rings is 3. The molecule has 0 radical (unpaired) electrons. The van der Waals surface area contributed by atoms with Gasteiger partial charge in [-0.05, 0) is 66.6 Å². The molecule has 5 rings (SSSR count). The molecule has 40 heavy (non-hydrogen) atoms. The fourth-order valence-electron chi connectivity index (χ4n) is 3.97. The number of rotatable bonds is 6. The van der Waals surface area contributed by atoms with Crippen LogP contribution in [0.5, 0.6) is 5.75 Å². The Balaban J connectivity index is 1.26. The number of aliphatic imine (C=N–C) groups is 1. The normalized spacial score (nSPS) is 14.6. The van der Waals surface area contributed by atoms with Crippen molar-refractivity contribution in [1.82, 2.24) is 14.8 Å². The number of carbonyl (C=O) groups excluding carboxylic acids is 2. The van der Waals surface area contributed by atoms with Crippen molar-refractivity contribution in [3.8, 4) is 22.8 Å². The number of hydrogen-bond acceptors (Lipinski definition) is 6. The number of para-hydroxylation sites is 1. The lowest BCUT2D eigenvalue weighted by molar-refractivity contribution is -0.274. The number of alkyl halides is 3. The minimum Gasteiger partial charge on any atom is -0.406 e. The van der Waals surface area contributed by atoms with Crippen molar-refractivity contribution in [1.29, 1.82) is 0 Å². The Hall–Kier alpha value is -4.65. The molecule has 13 heteroatoms. The van der Waals surface area contributed by atoms with E-state index in [-0.39, 0.29) is 17.4 Å². The molecule has 0 spiro atoms. The summed E-state index contributed by atoms with van der Waals surface area (Å²) in [6.45, 7) is 1.99. The zero-order chi connectivity index (χ0) is 28.3. The minimum atomic E-state index is -4.77. The number of carbonyl (C=O) groups is 2. The van der Waals surface area contributed by atoms with Crippen molar-refractivity contribution in [2.45, 2.75) is 19.7 Å². The Morgan fingerprint density at radius 2 is 1.80 bits per heavy atom. The number of amidine groups is 1. The number of halogens is 3. The maximum absolute atomic E-state index is 12.7. The maximum atomic E-state index is 12.7. The van der Waals surface area contributed by atoms with Crippen LogP contribution in [0.15, 0.2) is 84.1 Å². The van der Waals surface area contributed by atoms with E-state index in [4.69, 9.17) is 0 Å².